The molecule has 2 aromatic heterocycles. The van der Waals surface area contributed by atoms with Crippen molar-refractivity contribution in [3.63, 3.8) is 0 Å². The van der Waals surface area contributed by atoms with Crippen LogP contribution in [0.5, 0.6) is 5.75 Å². The van der Waals surface area contributed by atoms with Gasteiger partial charge >= 0.3 is 0 Å². The number of anilines is 1. The number of hydrogen-bond donors (Lipinski definition) is 3. The quantitative estimate of drug-likeness (QED) is 0.374. The molecule has 0 saturated heterocycles. The number of H-pyrrole nitrogens is 1. The zero-order valence-electron chi connectivity index (χ0n) is 12.1. The number of rotatable bonds is 3. The molecular weight excluding hydrogens is 302 g/mol. The van der Waals surface area contributed by atoms with Gasteiger partial charge in [-0.25, -0.2) is 0 Å². The summed E-state index contributed by atoms with van der Waals surface area (Å²) in [6.07, 6.45) is 1.92. The molecule has 0 fully saturated rings. The molecule has 3 aromatic rings. The Morgan fingerprint density at radius 2 is 2.05 bits per heavy atom. The molecule has 0 atom stereocenters. The highest BCUT2D eigenvalue weighted by atomic mass is 32.2. The predicted octanol–water partition coefficient (Wildman–Crippen LogP) is 0.836. The van der Waals surface area contributed by atoms with Crippen molar-refractivity contribution in [3.05, 3.63) is 29.9 Å². The first-order chi connectivity index (χ1) is 10.7. The molecule has 0 spiro atoms. The smallest absolute Gasteiger partial charge is 0.254 e. The van der Waals surface area contributed by atoms with Crippen LogP contribution in [-0.4, -0.2) is 33.1 Å². The number of benzene rings is 1. The van der Waals surface area contributed by atoms with Gasteiger partial charge in [0.1, 0.15) is 16.6 Å². The molecule has 114 valence electrons. The van der Waals surface area contributed by atoms with Crippen molar-refractivity contribution in [1.29, 1.82) is 0 Å². The first-order valence-electron chi connectivity index (χ1n) is 6.38. The highest BCUT2D eigenvalue weighted by Gasteiger charge is 2.15. The van der Waals surface area contributed by atoms with Gasteiger partial charge in [0.25, 0.3) is 5.62 Å². The maximum absolute atomic E-state index is 6.32. The number of nitrogen functional groups attached to an aromatic ring is 1. The minimum absolute atomic E-state index is 0.284. The van der Waals surface area contributed by atoms with Gasteiger partial charge in [-0.1, -0.05) is 0 Å². The van der Waals surface area contributed by atoms with E-state index >= 15 is 0 Å². The monoisotopic (exact) mass is 317 g/mol. The summed E-state index contributed by atoms with van der Waals surface area (Å²) in [6.45, 7) is 0. The Morgan fingerprint density at radius 3 is 2.64 bits per heavy atom. The fraction of sp³-hybridized carbons (Fsp3) is 0.154. The van der Waals surface area contributed by atoms with Crippen LogP contribution in [0.3, 0.4) is 0 Å². The first kappa shape index (κ1) is 14.3. The maximum atomic E-state index is 6.32. The normalized spacial score (nSPS) is 12.0. The second-order valence-electron chi connectivity index (χ2n) is 4.42. The molecule has 5 N–H and O–H groups in total. The fourth-order valence-corrected chi connectivity index (χ4v) is 2.76. The van der Waals surface area contributed by atoms with Crippen LogP contribution in [-0.2, 0) is 0 Å². The molecule has 0 aliphatic rings. The van der Waals surface area contributed by atoms with E-state index in [0.29, 0.717) is 11.5 Å². The van der Waals surface area contributed by atoms with E-state index in [2.05, 4.69) is 20.3 Å². The third kappa shape index (κ3) is 2.15. The van der Waals surface area contributed by atoms with Crippen molar-refractivity contribution < 1.29 is 4.74 Å². The van der Waals surface area contributed by atoms with Gasteiger partial charge in [0.15, 0.2) is 5.65 Å². The molecule has 0 aliphatic carbocycles. The van der Waals surface area contributed by atoms with Crippen molar-refractivity contribution in [2.75, 3.05) is 19.1 Å². The molecule has 2 heterocycles. The summed E-state index contributed by atoms with van der Waals surface area (Å²) in [5.74, 6) is 6.68. The van der Waals surface area contributed by atoms with Crippen molar-refractivity contribution in [3.8, 4) is 11.4 Å². The number of aromatic nitrogens is 4. The van der Waals surface area contributed by atoms with Crippen molar-refractivity contribution in [2.24, 2.45) is 10.9 Å². The van der Waals surface area contributed by atoms with Crippen LogP contribution in [0.2, 0.25) is 0 Å². The zero-order valence-corrected chi connectivity index (χ0v) is 12.9. The number of nitrogens with two attached hydrogens (primary N) is 2. The number of hydrogen-bond acceptors (Lipinski definition) is 7. The standard InChI is InChI=1S/C13H15N7OS/c1-21-8-5-3-7(4-6-8)20-10(14)9-11(16-13(20)17-15)18-19-12(9)22-2/h3-6H,14-15H2,1-2H3,(H,16,17,18). The molecule has 9 heteroatoms. The lowest BCUT2D eigenvalue weighted by atomic mass is 10.3. The lowest BCUT2D eigenvalue weighted by molar-refractivity contribution is 0.414. The highest BCUT2D eigenvalue weighted by Crippen LogP contribution is 2.28. The summed E-state index contributed by atoms with van der Waals surface area (Å²) < 4.78 is 6.84. The second kappa shape index (κ2) is 5.60. The van der Waals surface area contributed by atoms with E-state index in [-0.39, 0.29) is 5.62 Å². The molecule has 0 saturated carbocycles. The van der Waals surface area contributed by atoms with Crippen molar-refractivity contribution in [2.45, 2.75) is 5.03 Å². The molecule has 0 aliphatic heterocycles. The molecule has 0 amide bonds. The van der Waals surface area contributed by atoms with Crippen LogP contribution in [0, 0.1) is 0 Å². The number of ether oxygens (including phenoxy) is 1. The van der Waals surface area contributed by atoms with E-state index in [1.54, 1.807) is 11.7 Å². The minimum Gasteiger partial charge on any atom is -0.497 e. The van der Waals surface area contributed by atoms with Gasteiger partial charge in [0, 0.05) is 0 Å². The number of nitrogens with one attached hydrogen (secondary N) is 1. The van der Waals surface area contributed by atoms with Gasteiger partial charge in [-0.15, -0.1) is 16.9 Å². The number of thioether (sulfide) groups is 1. The first-order valence-corrected chi connectivity index (χ1v) is 7.61. The van der Waals surface area contributed by atoms with Crippen LogP contribution in [0.15, 0.2) is 34.4 Å². The molecule has 3 rings (SSSR count). The Kier molecular flexibility index (Phi) is 3.63. The number of methoxy groups -OCH3 is 1. The Labute approximate surface area is 130 Å². The zero-order chi connectivity index (χ0) is 15.7. The molecule has 0 bridgehead atoms. The topological polar surface area (TPSA) is 120 Å². The largest absolute Gasteiger partial charge is 0.497 e. The fourth-order valence-electron chi connectivity index (χ4n) is 2.22. The molecule has 0 radical (unpaired) electrons. The summed E-state index contributed by atoms with van der Waals surface area (Å²) >= 11 is 1.48. The van der Waals surface area contributed by atoms with Crippen LogP contribution < -0.4 is 21.9 Å². The molecule has 22 heavy (non-hydrogen) atoms. The SMILES string of the molecule is COc1ccc(-n2c(N)c3c(SC)n[nH]c3n/c2=N\N)cc1. The van der Waals surface area contributed by atoms with E-state index in [1.807, 2.05) is 30.5 Å². The van der Waals surface area contributed by atoms with Gasteiger partial charge in [-0.05, 0) is 30.5 Å². The van der Waals surface area contributed by atoms with Gasteiger partial charge in [0.05, 0.1) is 18.2 Å². The van der Waals surface area contributed by atoms with Crippen LogP contribution in [0.1, 0.15) is 0 Å². The molecule has 0 unspecified atom stereocenters. The van der Waals surface area contributed by atoms with E-state index in [1.165, 1.54) is 11.8 Å². The van der Waals surface area contributed by atoms with Gasteiger partial charge in [0.2, 0.25) is 0 Å². The lowest BCUT2D eigenvalue weighted by Gasteiger charge is -2.12. The van der Waals surface area contributed by atoms with Crippen LogP contribution in [0.4, 0.5) is 5.82 Å². The Balaban J connectivity index is 2.33. The van der Waals surface area contributed by atoms with E-state index in [9.17, 15) is 0 Å². The van der Waals surface area contributed by atoms with Gasteiger partial charge in [-0.3, -0.25) is 9.67 Å². The van der Waals surface area contributed by atoms with Crippen molar-refractivity contribution in [1.82, 2.24) is 19.7 Å². The molecule has 1 aromatic carbocycles. The Morgan fingerprint density at radius 1 is 1.32 bits per heavy atom. The minimum atomic E-state index is 0.284. The van der Waals surface area contributed by atoms with Gasteiger partial charge < -0.3 is 16.3 Å². The highest BCUT2D eigenvalue weighted by molar-refractivity contribution is 7.98. The molecular formula is C13H15N7OS. The molecule has 8 nitrogen and oxygen atoms in total. The van der Waals surface area contributed by atoms with Crippen LogP contribution in [0.25, 0.3) is 16.7 Å². The van der Waals surface area contributed by atoms with E-state index in [0.717, 1.165) is 21.8 Å². The number of fused-ring (bicyclic) bond motifs is 1. The van der Waals surface area contributed by atoms with Crippen LogP contribution >= 0.6 is 11.8 Å². The third-order valence-electron chi connectivity index (χ3n) is 3.26. The summed E-state index contributed by atoms with van der Waals surface area (Å²) in [7, 11) is 1.61. The summed E-state index contributed by atoms with van der Waals surface area (Å²) in [5, 5.41) is 12.3. The van der Waals surface area contributed by atoms with E-state index in [4.69, 9.17) is 16.3 Å². The number of aromatic amines is 1. The summed E-state index contributed by atoms with van der Waals surface area (Å²) in [6, 6.07) is 7.38. The Hall–Kier alpha value is -2.68. The van der Waals surface area contributed by atoms with Crippen molar-refractivity contribution >= 4 is 28.6 Å². The van der Waals surface area contributed by atoms with Gasteiger partial charge in [-0.2, -0.15) is 10.1 Å². The summed E-state index contributed by atoms with van der Waals surface area (Å²) in [4.78, 5) is 4.37. The second-order valence-corrected chi connectivity index (χ2v) is 5.21. The average molecular weight is 317 g/mol. The summed E-state index contributed by atoms with van der Waals surface area (Å²) in [5.41, 5.74) is 7.94. The lowest BCUT2D eigenvalue weighted by Crippen LogP contribution is -2.27. The predicted molar refractivity (Wildman–Crippen MR) is 85.7 cm³/mol. The van der Waals surface area contributed by atoms with E-state index < -0.39 is 0 Å². The maximum Gasteiger partial charge on any atom is 0.254 e. The number of nitrogens with zero attached hydrogens (tertiary/aromatic N) is 4. The Bertz CT molecular complexity index is 882. The third-order valence-corrected chi connectivity index (χ3v) is 3.94. The average Bonchev–Trinajstić information content (AvgIpc) is 2.98.